The number of fused-ring (bicyclic) bond motifs is 1. The molecule has 0 radical (unpaired) electrons. The molecule has 0 aliphatic heterocycles. The van der Waals surface area contributed by atoms with Crippen LogP contribution in [0.15, 0.2) is 30.5 Å². The second-order valence-electron chi connectivity index (χ2n) is 4.59. The normalized spacial score (nSPS) is 13.1. The van der Waals surface area contributed by atoms with Crippen molar-refractivity contribution in [3.63, 3.8) is 0 Å². The average Bonchev–Trinajstić information content (AvgIpc) is 2.76. The lowest BCUT2D eigenvalue weighted by Crippen LogP contribution is -2.21. The predicted octanol–water partition coefficient (Wildman–Crippen LogP) is 3.26. The van der Waals surface area contributed by atoms with Gasteiger partial charge in [0.05, 0.1) is 0 Å². The highest BCUT2D eigenvalue weighted by Crippen LogP contribution is 2.14. The SMILES string of the molecule is CSCC(C)CNCc1ccc2[nH]ccc2c1. The van der Waals surface area contributed by atoms with Crippen LogP contribution < -0.4 is 5.32 Å². The molecule has 2 rings (SSSR count). The quantitative estimate of drug-likeness (QED) is 0.821. The Kier molecular flexibility index (Phi) is 4.51. The topological polar surface area (TPSA) is 27.8 Å². The highest BCUT2D eigenvalue weighted by atomic mass is 32.2. The van der Waals surface area contributed by atoms with Crippen molar-refractivity contribution >= 4 is 22.7 Å². The summed E-state index contributed by atoms with van der Waals surface area (Å²) in [6.45, 7) is 4.34. The molecule has 1 heterocycles. The number of thioether (sulfide) groups is 1. The van der Waals surface area contributed by atoms with Crippen LogP contribution >= 0.6 is 11.8 Å². The van der Waals surface area contributed by atoms with Gasteiger partial charge in [0.1, 0.15) is 0 Å². The van der Waals surface area contributed by atoms with E-state index in [-0.39, 0.29) is 0 Å². The molecule has 0 saturated carbocycles. The molecule has 2 aromatic rings. The smallest absolute Gasteiger partial charge is 0.0454 e. The van der Waals surface area contributed by atoms with Gasteiger partial charge in [0.15, 0.2) is 0 Å². The van der Waals surface area contributed by atoms with E-state index in [1.54, 1.807) is 0 Å². The van der Waals surface area contributed by atoms with Gasteiger partial charge in [-0.3, -0.25) is 0 Å². The minimum atomic E-state index is 0.737. The van der Waals surface area contributed by atoms with Crippen LogP contribution in [-0.2, 0) is 6.54 Å². The van der Waals surface area contributed by atoms with Crippen LogP contribution in [0.4, 0.5) is 0 Å². The summed E-state index contributed by atoms with van der Waals surface area (Å²) in [5.41, 5.74) is 2.57. The third kappa shape index (κ3) is 3.51. The van der Waals surface area contributed by atoms with Crippen molar-refractivity contribution in [2.45, 2.75) is 13.5 Å². The lowest BCUT2D eigenvalue weighted by atomic mass is 10.1. The maximum atomic E-state index is 3.52. The molecule has 1 atom stereocenters. The predicted molar refractivity (Wildman–Crippen MR) is 77.6 cm³/mol. The average molecular weight is 248 g/mol. The molecule has 3 heteroatoms. The van der Waals surface area contributed by atoms with Gasteiger partial charge in [0.2, 0.25) is 0 Å². The van der Waals surface area contributed by atoms with Crippen molar-refractivity contribution < 1.29 is 0 Å². The van der Waals surface area contributed by atoms with Crippen molar-refractivity contribution in [2.24, 2.45) is 5.92 Å². The van der Waals surface area contributed by atoms with E-state index in [9.17, 15) is 0 Å². The largest absolute Gasteiger partial charge is 0.361 e. The van der Waals surface area contributed by atoms with Gasteiger partial charge in [-0.1, -0.05) is 13.0 Å². The van der Waals surface area contributed by atoms with Crippen LogP contribution in [0, 0.1) is 5.92 Å². The number of aromatic nitrogens is 1. The molecule has 1 aromatic carbocycles. The maximum absolute atomic E-state index is 3.52. The maximum Gasteiger partial charge on any atom is 0.0454 e. The fourth-order valence-corrected chi connectivity index (χ4v) is 2.71. The molecule has 0 aliphatic carbocycles. The Balaban J connectivity index is 1.86. The minimum absolute atomic E-state index is 0.737. The summed E-state index contributed by atoms with van der Waals surface area (Å²) >= 11 is 1.91. The van der Waals surface area contributed by atoms with Gasteiger partial charge in [-0.25, -0.2) is 0 Å². The van der Waals surface area contributed by atoms with Crippen molar-refractivity contribution in [3.8, 4) is 0 Å². The number of hydrogen-bond acceptors (Lipinski definition) is 2. The van der Waals surface area contributed by atoms with Gasteiger partial charge in [-0.05, 0) is 53.6 Å². The standard InChI is InChI=1S/C14H20N2S/c1-11(10-17-2)8-15-9-12-3-4-14-13(7-12)5-6-16-14/h3-7,11,15-16H,8-10H2,1-2H3. The Hall–Kier alpha value is -0.930. The highest BCUT2D eigenvalue weighted by Gasteiger charge is 2.01. The van der Waals surface area contributed by atoms with Crippen molar-refractivity contribution in [3.05, 3.63) is 36.0 Å². The molecule has 0 bridgehead atoms. The first-order valence-corrected chi connectivity index (χ1v) is 7.44. The van der Waals surface area contributed by atoms with Gasteiger partial charge in [0, 0.05) is 18.3 Å². The fourth-order valence-electron chi connectivity index (χ4n) is 2.02. The van der Waals surface area contributed by atoms with Crippen LogP contribution in [0.5, 0.6) is 0 Å². The van der Waals surface area contributed by atoms with Crippen LogP contribution in [0.2, 0.25) is 0 Å². The summed E-state index contributed by atoms with van der Waals surface area (Å²) in [6, 6.07) is 8.70. The number of aromatic amines is 1. The van der Waals surface area contributed by atoms with E-state index >= 15 is 0 Å². The van der Waals surface area contributed by atoms with Gasteiger partial charge in [-0.2, -0.15) is 11.8 Å². The number of nitrogens with one attached hydrogen (secondary N) is 2. The van der Waals surface area contributed by atoms with Crippen LogP contribution in [0.25, 0.3) is 10.9 Å². The Morgan fingerprint density at radius 1 is 1.35 bits per heavy atom. The van der Waals surface area contributed by atoms with Gasteiger partial charge in [-0.15, -0.1) is 0 Å². The molecule has 92 valence electrons. The van der Waals surface area contributed by atoms with Crippen molar-refractivity contribution in [1.82, 2.24) is 10.3 Å². The Labute approximate surface area is 107 Å². The van der Waals surface area contributed by atoms with Gasteiger partial charge >= 0.3 is 0 Å². The zero-order valence-electron chi connectivity index (χ0n) is 10.5. The zero-order chi connectivity index (χ0) is 12.1. The molecule has 0 fully saturated rings. The molecule has 2 nitrogen and oxygen atoms in total. The molecular formula is C14H20N2S. The molecule has 17 heavy (non-hydrogen) atoms. The first-order chi connectivity index (χ1) is 8.29. The van der Waals surface area contributed by atoms with Crippen LogP contribution in [0.3, 0.4) is 0 Å². The summed E-state index contributed by atoms with van der Waals surface area (Å²) in [7, 11) is 0. The second-order valence-corrected chi connectivity index (χ2v) is 5.50. The van der Waals surface area contributed by atoms with Crippen molar-refractivity contribution in [2.75, 3.05) is 18.6 Å². The van der Waals surface area contributed by atoms with Crippen molar-refractivity contribution in [1.29, 1.82) is 0 Å². The Morgan fingerprint density at radius 3 is 3.06 bits per heavy atom. The molecule has 1 unspecified atom stereocenters. The first kappa shape index (κ1) is 12.5. The molecule has 0 aliphatic rings. The molecule has 1 aromatic heterocycles. The molecule has 0 amide bonds. The number of rotatable bonds is 6. The highest BCUT2D eigenvalue weighted by molar-refractivity contribution is 7.98. The van der Waals surface area contributed by atoms with E-state index in [0.29, 0.717) is 0 Å². The number of hydrogen-bond donors (Lipinski definition) is 2. The van der Waals surface area contributed by atoms with Crippen LogP contribution in [0.1, 0.15) is 12.5 Å². The van der Waals surface area contributed by atoms with E-state index in [4.69, 9.17) is 0 Å². The number of benzene rings is 1. The second kappa shape index (κ2) is 6.12. The summed E-state index contributed by atoms with van der Waals surface area (Å²) in [6.07, 6.45) is 4.15. The Morgan fingerprint density at radius 2 is 2.24 bits per heavy atom. The molecular weight excluding hydrogens is 228 g/mol. The summed E-state index contributed by atoms with van der Waals surface area (Å²) in [5.74, 6) is 1.96. The van der Waals surface area contributed by atoms with Crippen LogP contribution in [-0.4, -0.2) is 23.5 Å². The number of H-pyrrole nitrogens is 1. The summed E-state index contributed by atoms with van der Waals surface area (Å²) < 4.78 is 0. The third-order valence-corrected chi connectivity index (χ3v) is 3.79. The van der Waals surface area contributed by atoms with E-state index in [1.165, 1.54) is 22.2 Å². The minimum Gasteiger partial charge on any atom is -0.361 e. The van der Waals surface area contributed by atoms with Gasteiger partial charge in [0.25, 0.3) is 0 Å². The fraction of sp³-hybridized carbons (Fsp3) is 0.429. The van der Waals surface area contributed by atoms with E-state index in [2.05, 4.69) is 47.7 Å². The molecule has 0 spiro atoms. The molecule has 2 N–H and O–H groups in total. The zero-order valence-corrected chi connectivity index (χ0v) is 11.3. The lowest BCUT2D eigenvalue weighted by molar-refractivity contribution is 0.559. The molecule has 0 saturated heterocycles. The first-order valence-electron chi connectivity index (χ1n) is 6.05. The van der Waals surface area contributed by atoms with E-state index in [1.807, 2.05) is 18.0 Å². The van der Waals surface area contributed by atoms with E-state index in [0.717, 1.165) is 19.0 Å². The summed E-state index contributed by atoms with van der Waals surface area (Å²) in [5, 5.41) is 4.81. The Bertz CT molecular complexity index is 464. The van der Waals surface area contributed by atoms with E-state index < -0.39 is 0 Å². The third-order valence-electron chi connectivity index (χ3n) is 2.89. The monoisotopic (exact) mass is 248 g/mol. The lowest BCUT2D eigenvalue weighted by Gasteiger charge is -2.11. The summed E-state index contributed by atoms with van der Waals surface area (Å²) in [4.78, 5) is 3.21. The van der Waals surface area contributed by atoms with Gasteiger partial charge < -0.3 is 10.3 Å².